The molecule has 0 radical (unpaired) electrons. The Bertz CT molecular complexity index is 529. The Balaban J connectivity index is 2.40. The van der Waals surface area contributed by atoms with Crippen LogP contribution >= 0.6 is 0 Å². The van der Waals surface area contributed by atoms with E-state index < -0.39 is 17.9 Å². The highest BCUT2D eigenvalue weighted by Crippen LogP contribution is 2.35. The number of carbonyl (C=O) groups excluding carboxylic acids is 1. The van der Waals surface area contributed by atoms with Crippen molar-refractivity contribution in [1.29, 1.82) is 0 Å². The molecule has 2 atom stereocenters. The number of methoxy groups -OCH3 is 1. The van der Waals surface area contributed by atoms with E-state index in [0.29, 0.717) is 25.9 Å². The molecule has 21 heavy (non-hydrogen) atoms. The van der Waals surface area contributed by atoms with Crippen LogP contribution in [-0.2, 0) is 20.9 Å². The minimum atomic E-state index is -0.848. The van der Waals surface area contributed by atoms with Gasteiger partial charge in [0.15, 0.2) is 0 Å². The molecule has 1 aliphatic heterocycles. The predicted molar refractivity (Wildman–Crippen MR) is 77.6 cm³/mol. The Morgan fingerprint density at radius 1 is 1.48 bits per heavy atom. The van der Waals surface area contributed by atoms with Crippen molar-refractivity contribution in [2.75, 3.05) is 14.2 Å². The molecule has 1 aromatic carbocycles. The van der Waals surface area contributed by atoms with Crippen LogP contribution in [0.25, 0.3) is 0 Å². The first kappa shape index (κ1) is 15.5. The lowest BCUT2D eigenvalue weighted by Gasteiger charge is -2.31. The number of ether oxygens (including phenoxy) is 1. The Morgan fingerprint density at radius 2 is 2.24 bits per heavy atom. The Labute approximate surface area is 124 Å². The summed E-state index contributed by atoms with van der Waals surface area (Å²) in [5, 5.41) is 9.51. The fourth-order valence-corrected chi connectivity index (χ4v) is 2.98. The smallest absolute Gasteiger partial charge is 0.308 e. The number of rotatable bonds is 4. The lowest BCUT2D eigenvalue weighted by molar-refractivity contribution is -0.145. The molecule has 2 unspecified atom stereocenters. The van der Waals surface area contributed by atoms with Crippen molar-refractivity contribution >= 4 is 11.9 Å². The molecule has 0 spiro atoms. The first-order valence-electron chi connectivity index (χ1n) is 7.11. The summed E-state index contributed by atoms with van der Waals surface area (Å²) in [7, 11) is 3.31. The van der Waals surface area contributed by atoms with Gasteiger partial charge in [-0.1, -0.05) is 24.3 Å². The maximum absolute atomic E-state index is 12.1. The lowest BCUT2D eigenvalue weighted by atomic mass is 9.89. The molecule has 1 amide bonds. The molecule has 1 fully saturated rings. The van der Waals surface area contributed by atoms with Crippen molar-refractivity contribution in [3.8, 4) is 0 Å². The topological polar surface area (TPSA) is 66.8 Å². The summed E-state index contributed by atoms with van der Waals surface area (Å²) in [5.74, 6) is -1.42. The second-order valence-corrected chi connectivity index (χ2v) is 5.46. The van der Waals surface area contributed by atoms with Gasteiger partial charge in [-0.05, 0) is 24.0 Å². The molecule has 1 aliphatic rings. The maximum Gasteiger partial charge on any atom is 0.308 e. The molecule has 1 aromatic rings. The molecular formula is C16H21NO4. The Kier molecular flexibility index (Phi) is 4.96. The second kappa shape index (κ2) is 6.72. The minimum absolute atomic E-state index is 0.000828. The molecule has 1 heterocycles. The summed E-state index contributed by atoms with van der Waals surface area (Å²) in [5.41, 5.74) is 1.83. The van der Waals surface area contributed by atoms with Gasteiger partial charge in [0, 0.05) is 20.6 Å². The van der Waals surface area contributed by atoms with Crippen molar-refractivity contribution < 1.29 is 19.4 Å². The highest BCUT2D eigenvalue weighted by molar-refractivity contribution is 5.79. The van der Waals surface area contributed by atoms with Gasteiger partial charge in [-0.25, -0.2) is 0 Å². The average Bonchev–Trinajstić information content (AvgIpc) is 2.60. The van der Waals surface area contributed by atoms with Gasteiger partial charge in [0.2, 0.25) is 5.91 Å². The number of aliphatic carboxylic acids is 1. The maximum atomic E-state index is 12.1. The largest absolute Gasteiger partial charge is 0.481 e. The molecule has 0 saturated carbocycles. The van der Waals surface area contributed by atoms with Crippen molar-refractivity contribution in [1.82, 2.24) is 4.90 Å². The van der Waals surface area contributed by atoms with Gasteiger partial charge in [0.25, 0.3) is 0 Å². The van der Waals surface area contributed by atoms with Crippen LogP contribution in [0.1, 0.15) is 36.4 Å². The number of carboxylic acids is 1. The van der Waals surface area contributed by atoms with Gasteiger partial charge in [-0.3, -0.25) is 9.59 Å². The van der Waals surface area contributed by atoms with E-state index in [2.05, 4.69) is 0 Å². The highest BCUT2D eigenvalue weighted by Gasteiger charge is 2.36. The van der Waals surface area contributed by atoms with E-state index in [1.165, 1.54) is 0 Å². The molecule has 1 saturated heterocycles. The van der Waals surface area contributed by atoms with E-state index >= 15 is 0 Å². The second-order valence-electron chi connectivity index (χ2n) is 5.46. The van der Waals surface area contributed by atoms with Crippen LogP contribution in [0.4, 0.5) is 0 Å². The van der Waals surface area contributed by atoms with Crippen molar-refractivity contribution in [3.05, 3.63) is 35.4 Å². The summed E-state index contributed by atoms with van der Waals surface area (Å²) in [6.45, 7) is 0.468. The van der Waals surface area contributed by atoms with Gasteiger partial charge in [0.1, 0.15) is 0 Å². The van der Waals surface area contributed by atoms with E-state index in [-0.39, 0.29) is 5.91 Å². The van der Waals surface area contributed by atoms with E-state index in [9.17, 15) is 14.7 Å². The fourth-order valence-electron chi connectivity index (χ4n) is 2.98. The van der Waals surface area contributed by atoms with E-state index in [1.54, 1.807) is 19.1 Å². The third-order valence-corrected chi connectivity index (χ3v) is 4.02. The number of nitrogens with zero attached hydrogens (tertiary/aromatic N) is 1. The first-order chi connectivity index (χ1) is 10.0. The van der Waals surface area contributed by atoms with Crippen LogP contribution in [0, 0.1) is 5.92 Å². The summed E-state index contributed by atoms with van der Waals surface area (Å²) < 4.78 is 5.12. The van der Waals surface area contributed by atoms with Gasteiger partial charge >= 0.3 is 5.97 Å². The van der Waals surface area contributed by atoms with Crippen LogP contribution in [0.3, 0.4) is 0 Å². The van der Waals surface area contributed by atoms with Gasteiger partial charge < -0.3 is 14.7 Å². The SMILES string of the molecule is COCc1cccc(C2C(C(=O)O)CCCC(=O)N2C)c1. The first-order valence-corrected chi connectivity index (χ1v) is 7.11. The third kappa shape index (κ3) is 3.42. The third-order valence-electron chi connectivity index (χ3n) is 4.02. The van der Waals surface area contributed by atoms with E-state index in [1.807, 2.05) is 24.3 Å². The molecule has 5 nitrogen and oxygen atoms in total. The number of hydrogen-bond donors (Lipinski definition) is 1. The Hall–Kier alpha value is -1.88. The Morgan fingerprint density at radius 3 is 2.90 bits per heavy atom. The number of amides is 1. The monoisotopic (exact) mass is 291 g/mol. The molecule has 2 rings (SSSR count). The molecule has 5 heteroatoms. The number of carboxylic acid groups (broad SMARTS) is 1. The van der Waals surface area contributed by atoms with Crippen molar-refractivity contribution in [2.45, 2.75) is 31.9 Å². The molecule has 114 valence electrons. The van der Waals surface area contributed by atoms with Crippen LogP contribution in [0.2, 0.25) is 0 Å². The number of likely N-dealkylation sites (tertiary alicyclic amines) is 1. The van der Waals surface area contributed by atoms with Gasteiger partial charge in [0.05, 0.1) is 18.6 Å². The summed E-state index contributed by atoms with van der Waals surface area (Å²) in [6.07, 6.45) is 1.55. The van der Waals surface area contributed by atoms with Crippen LogP contribution < -0.4 is 0 Å². The minimum Gasteiger partial charge on any atom is -0.481 e. The normalized spacial score (nSPS) is 23.0. The van der Waals surface area contributed by atoms with Gasteiger partial charge in [-0.2, -0.15) is 0 Å². The number of hydrogen-bond acceptors (Lipinski definition) is 3. The zero-order valence-electron chi connectivity index (χ0n) is 12.4. The predicted octanol–water partition coefficient (Wildman–Crippen LogP) is 2.22. The van der Waals surface area contributed by atoms with Crippen molar-refractivity contribution in [3.63, 3.8) is 0 Å². The van der Waals surface area contributed by atoms with E-state index in [4.69, 9.17) is 4.74 Å². The fraction of sp³-hybridized carbons (Fsp3) is 0.500. The van der Waals surface area contributed by atoms with Crippen LogP contribution in [-0.4, -0.2) is 36.0 Å². The molecular weight excluding hydrogens is 270 g/mol. The summed E-state index contributed by atoms with van der Waals surface area (Å²) in [6, 6.07) is 7.20. The van der Waals surface area contributed by atoms with Crippen LogP contribution in [0.15, 0.2) is 24.3 Å². The molecule has 0 aliphatic carbocycles. The standard InChI is InChI=1S/C16H21NO4/c1-17-14(18)8-4-7-13(16(19)20)15(17)12-6-3-5-11(9-12)10-21-2/h3,5-6,9,13,15H,4,7-8,10H2,1-2H3,(H,19,20). The molecule has 0 aromatic heterocycles. The molecule has 1 N–H and O–H groups in total. The zero-order chi connectivity index (χ0) is 15.4. The summed E-state index contributed by atoms with van der Waals surface area (Å²) >= 11 is 0. The average molecular weight is 291 g/mol. The highest BCUT2D eigenvalue weighted by atomic mass is 16.5. The number of carbonyl (C=O) groups is 2. The lowest BCUT2D eigenvalue weighted by Crippen LogP contribution is -2.36. The van der Waals surface area contributed by atoms with Crippen LogP contribution in [0.5, 0.6) is 0 Å². The summed E-state index contributed by atoms with van der Waals surface area (Å²) in [4.78, 5) is 25.3. The zero-order valence-corrected chi connectivity index (χ0v) is 12.4. The van der Waals surface area contributed by atoms with E-state index in [0.717, 1.165) is 11.1 Å². The quantitative estimate of drug-likeness (QED) is 0.923. The van der Waals surface area contributed by atoms with Gasteiger partial charge in [-0.15, -0.1) is 0 Å². The number of benzene rings is 1. The van der Waals surface area contributed by atoms with Crippen molar-refractivity contribution in [2.24, 2.45) is 5.92 Å². The molecule has 0 bridgehead atoms.